The average Bonchev–Trinajstić information content (AvgIpc) is 2.75. The van der Waals surface area contributed by atoms with Crippen LogP contribution in [-0.2, 0) is 11.2 Å². The molecule has 2 N–H and O–H groups in total. The van der Waals surface area contributed by atoms with Gasteiger partial charge in [0.1, 0.15) is 11.6 Å². The summed E-state index contributed by atoms with van der Waals surface area (Å²) in [6, 6.07) is 5.41. The number of nitrogens with two attached hydrogens (primary N) is 1. The second-order valence-corrected chi connectivity index (χ2v) is 5.36. The van der Waals surface area contributed by atoms with Gasteiger partial charge in [-0.25, -0.2) is 9.78 Å². The lowest BCUT2D eigenvalue weighted by molar-refractivity contribution is 0.0596. The molecule has 0 bridgehead atoms. The lowest BCUT2D eigenvalue weighted by Crippen LogP contribution is -2.08. The summed E-state index contributed by atoms with van der Waals surface area (Å²) in [5.74, 6) is 0.300. The Kier molecular flexibility index (Phi) is 4.35. The van der Waals surface area contributed by atoms with E-state index in [0.717, 1.165) is 4.47 Å². The third-order valence-corrected chi connectivity index (χ3v) is 3.62. The molecule has 0 radical (unpaired) electrons. The van der Waals surface area contributed by atoms with E-state index >= 15 is 0 Å². The van der Waals surface area contributed by atoms with Crippen LogP contribution in [-0.4, -0.2) is 22.6 Å². The largest absolute Gasteiger partial charge is 0.464 e. The molecule has 1 aromatic carbocycles. The second-order valence-electron chi connectivity index (χ2n) is 4.04. The van der Waals surface area contributed by atoms with E-state index in [-0.39, 0.29) is 11.5 Å². The Morgan fingerprint density at radius 1 is 1.55 bits per heavy atom. The minimum atomic E-state index is -0.566. The number of carbonyl (C=O) groups excluding carboxylic acids is 1. The molecule has 20 heavy (non-hydrogen) atoms. The van der Waals surface area contributed by atoms with Crippen molar-refractivity contribution in [2.45, 2.75) is 13.3 Å². The van der Waals surface area contributed by atoms with E-state index in [9.17, 15) is 4.79 Å². The molecule has 0 fully saturated rings. The minimum Gasteiger partial charge on any atom is -0.464 e. The molecule has 0 unspecified atom stereocenters. The number of anilines is 1. The van der Waals surface area contributed by atoms with Gasteiger partial charge in [-0.1, -0.05) is 34.5 Å². The summed E-state index contributed by atoms with van der Waals surface area (Å²) in [5.41, 5.74) is 6.80. The SMILES string of the molecule is CCc1nc(C(=O)OC)c(N)n1-c1ccc(Br)cc1Cl. The average molecular weight is 359 g/mol. The lowest BCUT2D eigenvalue weighted by atomic mass is 10.3. The highest BCUT2D eigenvalue weighted by Crippen LogP contribution is 2.29. The number of hydrogen-bond acceptors (Lipinski definition) is 4. The minimum absolute atomic E-state index is 0.100. The molecule has 0 amide bonds. The van der Waals surface area contributed by atoms with E-state index in [1.165, 1.54) is 7.11 Å². The molecule has 0 aliphatic rings. The van der Waals surface area contributed by atoms with Gasteiger partial charge in [0.2, 0.25) is 0 Å². The summed E-state index contributed by atoms with van der Waals surface area (Å²) >= 11 is 9.59. The van der Waals surface area contributed by atoms with E-state index < -0.39 is 5.97 Å². The summed E-state index contributed by atoms with van der Waals surface area (Å²) in [6.45, 7) is 1.92. The number of methoxy groups -OCH3 is 1. The number of rotatable bonds is 3. The number of aryl methyl sites for hydroxylation is 1. The number of carbonyl (C=O) groups is 1. The summed E-state index contributed by atoms with van der Waals surface area (Å²) in [6.07, 6.45) is 0.605. The number of esters is 1. The zero-order valence-electron chi connectivity index (χ0n) is 11.0. The Hall–Kier alpha value is -1.53. The van der Waals surface area contributed by atoms with Crippen molar-refractivity contribution in [3.8, 4) is 5.69 Å². The first-order valence-corrected chi connectivity index (χ1v) is 7.07. The van der Waals surface area contributed by atoms with Crippen LogP contribution in [0.3, 0.4) is 0 Å². The van der Waals surface area contributed by atoms with Gasteiger partial charge in [-0.2, -0.15) is 0 Å². The molecule has 1 heterocycles. The normalized spacial score (nSPS) is 10.6. The van der Waals surface area contributed by atoms with Crippen LogP contribution in [0.1, 0.15) is 23.2 Å². The van der Waals surface area contributed by atoms with Crippen LogP contribution in [0.15, 0.2) is 22.7 Å². The van der Waals surface area contributed by atoms with Crippen LogP contribution >= 0.6 is 27.5 Å². The first-order valence-electron chi connectivity index (χ1n) is 5.90. The van der Waals surface area contributed by atoms with Crippen LogP contribution < -0.4 is 5.73 Å². The Bertz CT molecular complexity index is 670. The maximum atomic E-state index is 11.7. The quantitative estimate of drug-likeness (QED) is 0.855. The molecular formula is C13H13BrClN3O2. The van der Waals surface area contributed by atoms with Gasteiger partial charge in [-0.05, 0) is 18.2 Å². The summed E-state index contributed by atoms with van der Waals surface area (Å²) in [4.78, 5) is 15.9. The monoisotopic (exact) mass is 357 g/mol. The number of nitrogens with zero attached hydrogens (tertiary/aromatic N) is 2. The molecule has 2 rings (SSSR count). The third-order valence-electron chi connectivity index (χ3n) is 2.83. The van der Waals surface area contributed by atoms with E-state index in [0.29, 0.717) is 23.0 Å². The summed E-state index contributed by atoms with van der Waals surface area (Å²) < 4.78 is 7.21. The number of hydrogen-bond donors (Lipinski definition) is 1. The molecule has 0 atom stereocenters. The Labute approximate surface area is 129 Å². The van der Waals surface area contributed by atoms with Gasteiger partial charge < -0.3 is 10.5 Å². The highest BCUT2D eigenvalue weighted by Gasteiger charge is 2.22. The number of halogens is 2. The summed E-state index contributed by atoms with van der Waals surface area (Å²) in [5, 5.41) is 0.509. The fraction of sp³-hybridized carbons (Fsp3) is 0.231. The molecular weight excluding hydrogens is 346 g/mol. The van der Waals surface area contributed by atoms with Gasteiger partial charge in [0.25, 0.3) is 0 Å². The Balaban J connectivity index is 2.67. The maximum absolute atomic E-state index is 11.7. The van der Waals surface area contributed by atoms with Crippen molar-refractivity contribution in [1.29, 1.82) is 0 Å². The van der Waals surface area contributed by atoms with Crippen LogP contribution in [0, 0.1) is 0 Å². The van der Waals surface area contributed by atoms with Crippen molar-refractivity contribution in [3.05, 3.63) is 39.2 Å². The molecule has 106 valence electrons. The second kappa shape index (κ2) is 5.85. The Morgan fingerprint density at radius 3 is 2.80 bits per heavy atom. The van der Waals surface area contributed by atoms with Gasteiger partial charge in [-0.15, -0.1) is 0 Å². The standard InChI is InChI=1S/C13H13BrClN3O2/c1-3-10-17-11(13(19)20-2)12(16)18(10)9-5-4-7(14)6-8(9)15/h4-6H,3,16H2,1-2H3. The fourth-order valence-electron chi connectivity index (χ4n) is 1.90. The number of imidazole rings is 1. The topological polar surface area (TPSA) is 70.1 Å². The van der Waals surface area contributed by atoms with E-state index in [4.69, 9.17) is 17.3 Å². The molecule has 0 saturated heterocycles. The van der Waals surface area contributed by atoms with Gasteiger partial charge in [0.15, 0.2) is 5.69 Å². The smallest absolute Gasteiger partial charge is 0.360 e. The van der Waals surface area contributed by atoms with Crippen LogP contribution in [0.5, 0.6) is 0 Å². The van der Waals surface area contributed by atoms with E-state index in [1.54, 1.807) is 10.6 Å². The van der Waals surface area contributed by atoms with Crippen molar-refractivity contribution in [3.63, 3.8) is 0 Å². The van der Waals surface area contributed by atoms with Gasteiger partial charge in [-0.3, -0.25) is 4.57 Å². The molecule has 0 saturated carbocycles. The number of benzene rings is 1. The number of aromatic nitrogens is 2. The molecule has 0 aliphatic heterocycles. The first kappa shape index (κ1) is 14.9. The van der Waals surface area contributed by atoms with Crippen LogP contribution in [0.25, 0.3) is 5.69 Å². The van der Waals surface area contributed by atoms with E-state index in [1.807, 2.05) is 19.1 Å². The Morgan fingerprint density at radius 2 is 2.25 bits per heavy atom. The molecule has 5 nitrogen and oxygen atoms in total. The van der Waals surface area contributed by atoms with Crippen LogP contribution in [0.2, 0.25) is 5.02 Å². The molecule has 0 aliphatic carbocycles. The molecule has 0 spiro atoms. The maximum Gasteiger partial charge on any atom is 0.360 e. The predicted octanol–water partition coefficient (Wildman–Crippen LogP) is 3.22. The molecule has 1 aromatic heterocycles. The first-order chi connectivity index (χ1) is 9.49. The van der Waals surface area contributed by atoms with Crippen molar-refractivity contribution in [2.75, 3.05) is 12.8 Å². The zero-order chi connectivity index (χ0) is 14.9. The van der Waals surface area contributed by atoms with Crippen LogP contribution in [0.4, 0.5) is 5.82 Å². The van der Waals surface area contributed by atoms with Crippen molar-refractivity contribution in [2.24, 2.45) is 0 Å². The summed E-state index contributed by atoms with van der Waals surface area (Å²) in [7, 11) is 1.29. The fourth-order valence-corrected chi connectivity index (χ4v) is 2.65. The van der Waals surface area contributed by atoms with Gasteiger partial charge >= 0.3 is 5.97 Å². The van der Waals surface area contributed by atoms with E-state index in [2.05, 4.69) is 25.7 Å². The van der Waals surface area contributed by atoms with Crippen molar-refractivity contribution in [1.82, 2.24) is 9.55 Å². The van der Waals surface area contributed by atoms with Gasteiger partial charge in [0, 0.05) is 10.9 Å². The zero-order valence-corrected chi connectivity index (χ0v) is 13.3. The predicted molar refractivity (Wildman–Crippen MR) is 81.4 cm³/mol. The number of ether oxygens (including phenoxy) is 1. The number of nitrogen functional groups attached to an aromatic ring is 1. The van der Waals surface area contributed by atoms with Crippen molar-refractivity contribution >= 4 is 39.3 Å². The van der Waals surface area contributed by atoms with Crippen molar-refractivity contribution < 1.29 is 9.53 Å². The van der Waals surface area contributed by atoms with Gasteiger partial charge in [0.05, 0.1) is 17.8 Å². The highest BCUT2D eigenvalue weighted by molar-refractivity contribution is 9.10. The lowest BCUT2D eigenvalue weighted by Gasteiger charge is -2.11. The molecule has 2 aromatic rings. The third kappa shape index (κ3) is 2.53. The highest BCUT2D eigenvalue weighted by atomic mass is 79.9. The molecule has 7 heteroatoms.